The van der Waals surface area contributed by atoms with Gasteiger partial charge in [-0.3, -0.25) is 9.78 Å². The molecule has 0 spiro atoms. The Kier molecular flexibility index (Phi) is 4.66. The van der Waals surface area contributed by atoms with Crippen LogP contribution in [0.1, 0.15) is 22.8 Å². The molecule has 19 heavy (non-hydrogen) atoms. The molecule has 98 valence electrons. The van der Waals surface area contributed by atoms with Gasteiger partial charge in [-0.05, 0) is 42.8 Å². The van der Waals surface area contributed by atoms with E-state index in [0.29, 0.717) is 17.1 Å². The van der Waals surface area contributed by atoms with Crippen LogP contribution >= 0.6 is 11.6 Å². The number of ketones is 1. The summed E-state index contributed by atoms with van der Waals surface area (Å²) in [6, 6.07) is 10.5. The Hall–Kier alpha value is -1.71. The maximum atomic E-state index is 12.2. The van der Waals surface area contributed by atoms with E-state index in [0.717, 1.165) is 5.56 Å². The summed E-state index contributed by atoms with van der Waals surface area (Å²) < 4.78 is 0. The molecule has 1 aromatic heterocycles. The first kappa shape index (κ1) is 13.7. The number of rotatable bonds is 5. The zero-order chi connectivity index (χ0) is 13.7. The summed E-state index contributed by atoms with van der Waals surface area (Å²) in [4.78, 5) is 16.2. The molecule has 0 bridgehead atoms. The number of hydrogen-bond donors (Lipinski definition) is 1. The molecule has 4 heteroatoms. The van der Waals surface area contributed by atoms with E-state index in [1.807, 2.05) is 19.1 Å². The number of nitrogens with one attached hydrogen (secondary N) is 1. The van der Waals surface area contributed by atoms with E-state index in [1.54, 1.807) is 36.7 Å². The maximum Gasteiger partial charge on any atom is 0.179 e. The normalized spacial score (nSPS) is 12.1. The van der Waals surface area contributed by atoms with Crippen LogP contribution in [0.5, 0.6) is 0 Å². The second-order valence-corrected chi connectivity index (χ2v) is 4.77. The van der Waals surface area contributed by atoms with Gasteiger partial charge in [-0.15, -0.1) is 0 Å². The molecular formula is C15H15ClN2O. The molecule has 2 rings (SSSR count). The van der Waals surface area contributed by atoms with Crippen molar-refractivity contribution >= 4 is 17.4 Å². The van der Waals surface area contributed by atoms with E-state index in [-0.39, 0.29) is 11.8 Å². The first-order valence-corrected chi connectivity index (χ1v) is 6.46. The monoisotopic (exact) mass is 274 g/mol. The van der Waals surface area contributed by atoms with Crippen LogP contribution in [-0.2, 0) is 6.54 Å². The van der Waals surface area contributed by atoms with Crippen molar-refractivity contribution in [3.05, 3.63) is 64.9 Å². The highest BCUT2D eigenvalue weighted by Crippen LogP contribution is 2.11. The Labute approximate surface area is 117 Å². The van der Waals surface area contributed by atoms with Crippen LogP contribution in [0, 0.1) is 0 Å². The fourth-order valence-corrected chi connectivity index (χ4v) is 1.86. The molecule has 2 aromatic rings. The van der Waals surface area contributed by atoms with E-state index < -0.39 is 0 Å². The van der Waals surface area contributed by atoms with Gasteiger partial charge >= 0.3 is 0 Å². The Balaban J connectivity index is 1.94. The highest BCUT2D eigenvalue weighted by molar-refractivity contribution is 6.30. The van der Waals surface area contributed by atoms with Gasteiger partial charge in [0.2, 0.25) is 0 Å². The standard InChI is InChI=1S/C15H15ClN2O/c1-11(18-10-12-3-2-8-17-9-12)15(19)13-4-6-14(16)7-5-13/h2-9,11,18H,10H2,1H3. The van der Waals surface area contributed by atoms with Crippen LogP contribution in [-0.4, -0.2) is 16.8 Å². The van der Waals surface area contributed by atoms with Gasteiger partial charge in [0.15, 0.2) is 5.78 Å². The van der Waals surface area contributed by atoms with Crippen LogP contribution in [0.2, 0.25) is 5.02 Å². The average molecular weight is 275 g/mol. The Bertz CT molecular complexity index is 540. The van der Waals surface area contributed by atoms with Gasteiger partial charge < -0.3 is 5.32 Å². The maximum absolute atomic E-state index is 12.2. The smallest absolute Gasteiger partial charge is 0.179 e. The summed E-state index contributed by atoms with van der Waals surface area (Å²) in [7, 11) is 0. The Morgan fingerprint density at radius 1 is 1.32 bits per heavy atom. The predicted octanol–water partition coefficient (Wildman–Crippen LogP) is 3.10. The van der Waals surface area contributed by atoms with Crippen molar-refractivity contribution in [3.63, 3.8) is 0 Å². The van der Waals surface area contributed by atoms with Gasteiger partial charge in [-0.25, -0.2) is 0 Å². The summed E-state index contributed by atoms with van der Waals surface area (Å²) in [6.45, 7) is 2.47. The summed E-state index contributed by atoms with van der Waals surface area (Å²) in [5.74, 6) is 0.0561. The number of nitrogens with zero attached hydrogens (tertiary/aromatic N) is 1. The third-order valence-corrected chi connectivity index (χ3v) is 3.11. The highest BCUT2D eigenvalue weighted by atomic mass is 35.5. The summed E-state index contributed by atoms with van der Waals surface area (Å²) in [6.07, 6.45) is 3.51. The molecule has 1 N–H and O–H groups in total. The first-order chi connectivity index (χ1) is 9.16. The van der Waals surface area contributed by atoms with E-state index in [4.69, 9.17) is 11.6 Å². The van der Waals surface area contributed by atoms with Crippen molar-refractivity contribution in [2.24, 2.45) is 0 Å². The van der Waals surface area contributed by atoms with Gasteiger partial charge in [-0.2, -0.15) is 0 Å². The fourth-order valence-electron chi connectivity index (χ4n) is 1.73. The van der Waals surface area contributed by atoms with Crippen molar-refractivity contribution in [3.8, 4) is 0 Å². The molecule has 0 saturated heterocycles. The summed E-state index contributed by atoms with van der Waals surface area (Å²) in [5.41, 5.74) is 1.72. The van der Waals surface area contributed by atoms with E-state index in [2.05, 4.69) is 10.3 Å². The van der Waals surface area contributed by atoms with Gasteiger partial charge in [-0.1, -0.05) is 17.7 Å². The number of carbonyl (C=O) groups is 1. The van der Waals surface area contributed by atoms with Gasteiger partial charge in [0, 0.05) is 29.5 Å². The molecule has 0 aliphatic carbocycles. The highest BCUT2D eigenvalue weighted by Gasteiger charge is 2.14. The Morgan fingerprint density at radius 3 is 2.68 bits per heavy atom. The molecule has 1 atom stereocenters. The average Bonchev–Trinajstić information content (AvgIpc) is 2.46. The van der Waals surface area contributed by atoms with Crippen molar-refractivity contribution in [2.75, 3.05) is 0 Å². The van der Waals surface area contributed by atoms with Gasteiger partial charge in [0.1, 0.15) is 0 Å². The lowest BCUT2D eigenvalue weighted by Crippen LogP contribution is -2.33. The van der Waals surface area contributed by atoms with Gasteiger partial charge in [0.25, 0.3) is 0 Å². The molecule has 0 aliphatic rings. The van der Waals surface area contributed by atoms with Crippen molar-refractivity contribution in [2.45, 2.75) is 19.5 Å². The molecule has 0 saturated carbocycles. The largest absolute Gasteiger partial charge is 0.303 e. The number of pyridine rings is 1. The van der Waals surface area contributed by atoms with Crippen LogP contribution in [0.25, 0.3) is 0 Å². The molecule has 0 amide bonds. The fraction of sp³-hybridized carbons (Fsp3) is 0.200. The summed E-state index contributed by atoms with van der Waals surface area (Å²) in [5, 5.41) is 3.82. The second kappa shape index (κ2) is 6.45. The van der Waals surface area contributed by atoms with Gasteiger partial charge in [0.05, 0.1) is 6.04 Å². The minimum atomic E-state index is -0.249. The number of Topliss-reactive ketones (excluding diaryl/α,β-unsaturated/α-hetero) is 1. The zero-order valence-corrected chi connectivity index (χ0v) is 11.4. The zero-order valence-electron chi connectivity index (χ0n) is 10.6. The lowest BCUT2D eigenvalue weighted by molar-refractivity contribution is 0.0950. The third-order valence-electron chi connectivity index (χ3n) is 2.86. The molecule has 1 aromatic carbocycles. The number of aromatic nitrogens is 1. The number of hydrogen-bond acceptors (Lipinski definition) is 3. The van der Waals surface area contributed by atoms with Crippen molar-refractivity contribution < 1.29 is 4.79 Å². The molecular weight excluding hydrogens is 260 g/mol. The minimum Gasteiger partial charge on any atom is -0.303 e. The lowest BCUT2D eigenvalue weighted by Gasteiger charge is -2.12. The minimum absolute atomic E-state index is 0.0561. The van der Waals surface area contributed by atoms with Crippen LogP contribution < -0.4 is 5.32 Å². The molecule has 0 radical (unpaired) electrons. The topological polar surface area (TPSA) is 42.0 Å². The van der Waals surface area contributed by atoms with E-state index >= 15 is 0 Å². The number of benzene rings is 1. The van der Waals surface area contributed by atoms with Crippen molar-refractivity contribution in [1.29, 1.82) is 0 Å². The quantitative estimate of drug-likeness (QED) is 0.852. The van der Waals surface area contributed by atoms with E-state index in [9.17, 15) is 4.79 Å². The number of halogens is 1. The van der Waals surface area contributed by atoms with Crippen molar-refractivity contribution in [1.82, 2.24) is 10.3 Å². The van der Waals surface area contributed by atoms with Crippen LogP contribution in [0.15, 0.2) is 48.8 Å². The molecule has 3 nitrogen and oxygen atoms in total. The predicted molar refractivity (Wildman–Crippen MR) is 76.3 cm³/mol. The van der Waals surface area contributed by atoms with E-state index in [1.165, 1.54) is 0 Å². The molecule has 0 fully saturated rings. The number of carbonyl (C=O) groups excluding carboxylic acids is 1. The molecule has 0 aliphatic heterocycles. The van der Waals surface area contributed by atoms with Crippen LogP contribution in [0.3, 0.4) is 0 Å². The Morgan fingerprint density at radius 2 is 2.05 bits per heavy atom. The third kappa shape index (κ3) is 3.88. The lowest BCUT2D eigenvalue weighted by atomic mass is 10.1. The SMILES string of the molecule is CC(NCc1cccnc1)C(=O)c1ccc(Cl)cc1. The second-order valence-electron chi connectivity index (χ2n) is 4.34. The molecule has 1 unspecified atom stereocenters. The summed E-state index contributed by atoms with van der Waals surface area (Å²) >= 11 is 5.80. The van der Waals surface area contributed by atoms with Crippen LogP contribution in [0.4, 0.5) is 0 Å². The first-order valence-electron chi connectivity index (χ1n) is 6.09. The molecule has 1 heterocycles.